The van der Waals surface area contributed by atoms with Crippen LogP contribution in [0.5, 0.6) is 0 Å². The molecule has 2 N–H and O–H groups in total. The minimum Gasteiger partial charge on any atom is -0.346 e. The molecule has 0 spiro atoms. The summed E-state index contributed by atoms with van der Waals surface area (Å²) in [7, 11) is 0. The van der Waals surface area contributed by atoms with Crippen LogP contribution in [-0.4, -0.2) is 11.1 Å². The van der Waals surface area contributed by atoms with Crippen molar-refractivity contribution in [1.82, 2.24) is 4.57 Å². The number of rotatable bonds is 3. The van der Waals surface area contributed by atoms with Crippen LogP contribution in [0.3, 0.4) is 0 Å². The predicted octanol–water partition coefficient (Wildman–Crippen LogP) is 4.68. The lowest BCUT2D eigenvalue weighted by atomic mass is 10.1. The van der Waals surface area contributed by atoms with Crippen LogP contribution in [0.2, 0.25) is 5.02 Å². The zero-order valence-corrected chi connectivity index (χ0v) is 13.2. The van der Waals surface area contributed by atoms with Crippen LogP contribution in [0.15, 0.2) is 53.1 Å². The van der Waals surface area contributed by atoms with E-state index in [1.807, 2.05) is 24.3 Å². The Morgan fingerprint density at radius 3 is 2.55 bits per heavy atom. The summed E-state index contributed by atoms with van der Waals surface area (Å²) >= 11 is 9.61. The summed E-state index contributed by atoms with van der Waals surface area (Å²) in [5.74, 6) is 0. The highest BCUT2D eigenvalue weighted by Gasteiger charge is 2.10. The van der Waals surface area contributed by atoms with E-state index in [0.29, 0.717) is 6.54 Å². The first-order chi connectivity index (χ1) is 9.69. The Morgan fingerprint density at radius 2 is 1.85 bits per heavy atom. The molecule has 0 aliphatic heterocycles. The van der Waals surface area contributed by atoms with Crippen molar-refractivity contribution in [2.75, 3.05) is 6.54 Å². The zero-order valence-electron chi connectivity index (χ0n) is 10.8. The predicted molar refractivity (Wildman–Crippen MR) is 89.1 cm³/mol. The molecule has 0 unspecified atom stereocenters. The van der Waals surface area contributed by atoms with Gasteiger partial charge in [0.25, 0.3) is 0 Å². The van der Waals surface area contributed by atoms with E-state index in [1.54, 1.807) is 0 Å². The average Bonchev–Trinajstić information content (AvgIpc) is 2.78. The minimum atomic E-state index is 0.617. The van der Waals surface area contributed by atoms with E-state index in [0.717, 1.165) is 26.9 Å². The van der Waals surface area contributed by atoms with Gasteiger partial charge in [-0.2, -0.15) is 0 Å². The SMILES string of the molecule is NCCn1cc(-c2ccc(Br)cc2)c2cc(Cl)ccc21. The maximum absolute atomic E-state index is 6.15. The first-order valence-corrected chi connectivity index (χ1v) is 7.60. The molecule has 0 aliphatic rings. The molecule has 0 bridgehead atoms. The fraction of sp³-hybridized carbons (Fsp3) is 0.125. The van der Waals surface area contributed by atoms with Gasteiger partial charge in [0.05, 0.1) is 0 Å². The summed E-state index contributed by atoms with van der Waals surface area (Å²) in [6.07, 6.45) is 2.15. The molecule has 3 aromatic rings. The number of nitrogens with zero attached hydrogens (tertiary/aromatic N) is 1. The molecule has 0 saturated carbocycles. The second-order valence-electron chi connectivity index (χ2n) is 4.69. The van der Waals surface area contributed by atoms with Crippen LogP contribution < -0.4 is 5.73 Å². The maximum atomic E-state index is 6.15. The highest BCUT2D eigenvalue weighted by molar-refractivity contribution is 9.10. The summed E-state index contributed by atoms with van der Waals surface area (Å²) in [6.45, 7) is 1.42. The van der Waals surface area contributed by atoms with E-state index < -0.39 is 0 Å². The molecule has 1 aromatic heterocycles. The van der Waals surface area contributed by atoms with Crippen molar-refractivity contribution in [3.8, 4) is 11.1 Å². The molecule has 0 saturated heterocycles. The first kappa shape index (κ1) is 13.7. The third kappa shape index (κ3) is 2.49. The van der Waals surface area contributed by atoms with Crippen molar-refractivity contribution < 1.29 is 0 Å². The molecule has 20 heavy (non-hydrogen) atoms. The smallest absolute Gasteiger partial charge is 0.0488 e. The summed E-state index contributed by atoms with van der Waals surface area (Å²) in [4.78, 5) is 0. The van der Waals surface area contributed by atoms with Gasteiger partial charge in [0.15, 0.2) is 0 Å². The molecule has 2 aromatic carbocycles. The number of fused-ring (bicyclic) bond motifs is 1. The van der Waals surface area contributed by atoms with Gasteiger partial charge in [0.2, 0.25) is 0 Å². The van der Waals surface area contributed by atoms with Gasteiger partial charge >= 0.3 is 0 Å². The average molecular weight is 350 g/mol. The number of hydrogen-bond acceptors (Lipinski definition) is 1. The van der Waals surface area contributed by atoms with Gasteiger partial charge in [-0.15, -0.1) is 0 Å². The lowest BCUT2D eigenvalue weighted by Gasteiger charge is -2.01. The Labute approximate surface area is 131 Å². The third-order valence-electron chi connectivity index (χ3n) is 3.37. The molecule has 0 atom stereocenters. The van der Waals surface area contributed by atoms with Crippen molar-refractivity contribution >= 4 is 38.4 Å². The number of aromatic nitrogens is 1. The lowest BCUT2D eigenvalue weighted by molar-refractivity contribution is 0.736. The summed E-state index contributed by atoms with van der Waals surface area (Å²) in [5.41, 5.74) is 9.22. The van der Waals surface area contributed by atoms with Crippen molar-refractivity contribution in [2.45, 2.75) is 6.54 Å². The standard InChI is InChI=1S/C16H14BrClN2/c17-12-3-1-11(2-4-12)15-10-20(8-7-19)16-6-5-13(18)9-14(15)16/h1-6,9-10H,7-8,19H2. The molecule has 4 heteroatoms. The second kappa shape index (κ2) is 5.60. The maximum Gasteiger partial charge on any atom is 0.0488 e. The molecule has 1 heterocycles. The van der Waals surface area contributed by atoms with Crippen molar-refractivity contribution in [3.05, 3.63) is 58.2 Å². The van der Waals surface area contributed by atoms with E-state index in [1.165, 1.54) is 11.1 Å². The highest BCUT2D eigenvalue weighted by Crippen LogP contribution is 2.33. The van der Waals surface area contributed by atoms with E-state index in [-0.39, 0.29) is 0 Å². The first-order valence-electron chi connectivity index (χ1n) is 6.43. The fourth-order valence-corrected chi connectivity index (χ4v) is 2.89. The molecular weight excluding hydrogens is 336 g/mol. The van der Waals surface area contributed by atoms with Crippen molar-refractivity contribution in [1.29, 1.82) is 0 Å². The topological polar surface area (TPSA) is 30.9 Å². The van der Waals surface area contributed by atoms with Crippen molar-refractivity contribution in [3.63, 3.8) is 0 Å². The molecule has 0 fully saturated rings. The Balaban J connectivity index is 2.23. The zero-order chi connectivity index (χ0) is 14.1. The Kier molecular flexibility index (Phi) is 3.83. The normalized spacial score (nSPS) is 11.2. The van der Waals surface area contributed by atoms with Crippen LogP contribution >= 0.6 is 27.5 Å². The minimum absolute atomic E-state index is 0.617. The molecule has 2 nitrogen and oxygen atoms in total. The molecule has 102 valence electrons. The van der Waals surface area contributed by atoms with E-state index in [2.05, 4.69) is 44.9 Å². The number of halogens is 2. The van der Waals surface area contributed by atoms with E-state index >= 15 is 0 Å². The molecule has 3 rings (SSSR count). The Hall–Kier alpha value is -1.29. The number of benzene rings is 2. The van der Waals surface area contributed by atoms with Crippen LogP contribution in [-0.2, 0) is 6.54 Å². The molecular formula is C16H14BrClN2. The number of hydrogen-bond donors (Lipinski definition) is 1. The second-order valence-corrected chi connectivity index (χ2v) is 6.05. The van der Waals surface area contributed by atoms with Gasteiger partial charge in [-0.25, -0.2) is 0 Å². The molecule has 0 aliphatic carbocycles. The van der Waals surface area contributed by atoms with E-state index in [9.17, 15) is 0 Å². The van der Waals surface area contributed by atoms with Crippen LogP contribution in [0, 0.1) is 0 Å². The van der Waals surface area contributed by atoms with Gasteiger partial charge in [0, 0.05) is 45.2 Å². The molecule has 0 amide bonds. The third-order valence-corrected chi connectivity index (χ3v) is 4.13. The van der Waals surface area contributed by atoms with Crippen LogP contribution in [0.1, 0.15) is 0 Å². The Bertz CT molecular complexity index is 747. The summed E-state index contributed by atoms with van der Waals surface area (Å²) in [5, 5.41) is 1.91. The van der Waals surface area contributed by atoms with Gasteiger partial charge in [0.1, 0.15) is 0 Å². The van der Waals surface area contributed by atoms with Gasteiger partial charge in [-0.3, -0.25) is 0 Å². The van der Waals surface area contributed by atoms with Gasteiger partial charge in [-0.05, 0) is 35.9 Å². The van der Waals surface area contributed by atoms with E-state index in [4.69, 9.17) is 17.3 Å². The monoisotopic (exact) mass is 348 g/mol. The quantitative estimate of drug-likeness (QED) is 0.731. The van der Waals surface area contributed by atoms with Gasteiger partial charge < -0.3 is 10.3 Å². The van der Waals surface area contributed by atoms with Crippen LogP contribution in [0.25, 0.3) is 22.0 Å². The fourth-order valence-electron chi connectivity index (χ4n) is 2.45. The van der Waals surface area contributed by atoms with Crippen molar-refractivity contribution in [2.24, 2.45) is 5.73 Å². The summed E-state index contributed by atoms with van der Waals surface area (Å²) in [6, 6.07) is 14.3. The van der Waals surface area contributed by atoms with Gasteiger partial charge in [-0.1, -0.05) is 39.7 Å². The summed E-state index contributed by atoms with van der Waals surface area (Å²) < 4.78 is 3.26. The lowest BCUT2D eigenvalue weighted by Crippen LogP contribution is -2.08. The Morgan fingerprint density at radius 1 is 1.10 bits per heavy atom. The van der Waals surface area contributed by atoms with Crippen LogP contribution in [0.4, 0.5) is 0 Å². The number of nitrogens with two attached hydrogens (primary N) is 1. The largest absolute Gasteiger partial charge is 0.346 e. The highest BCUT2D eigenvalue weighted by atomic mass is 79.9. The molecule has 0 radical (unpaired) electrons.